The van der Waals surface area contributed by atoms with Gasteiger partial charge >= 0.3 is 0 Å². The van der Waals surface area contributed by atoms with Crippen LogP contribution in [0.15, 0.2) is 30.3 Å². The lowest BCUT2D eigenvalue weighted by Crippen LogP contribution is -2.34. The van der Waals surface area contributed by atoms with Crippen LogP contribution in [0.1, 0.15) is 31.2 Å². The smallest absolute Gasteiger partial charge is 0.0680 e. The fraction of sp³-hybridized carbons (Fsp3) is 0.571. The Hall–Kier alpha value is -0.530. The number of alkyl halides is 1. The molecule has 1 aromatic rings. The molecule has 1 nitrogen and oxygen atoms in total. The van der Waals surface area contributed by atoms with Crippen LogP contribution in [-0.2, 0) is 4.74 Å². The normalized spacial score (nSPS) is 27.6. The minimum absolute atomic E-state index is 0.286. The number of ether oxygens (including phenoxy) is 1. The second-order valence-electron chi connectivity index (χ2n) is 4.59. The Labute approximate surface area is 103 Å². The van der Waals surface area contributed by atoms with E-state index in [0.717, 1.165) is 13.0 Å². The van der Waals surface area contributed by atoms with Gasteiger partial charge < -0.3 is 4.74 Å². The van der Waals surface area contributed by atoms with Crippen LogP contribution < -0.4 is 0 Å². The van der Waals surface area contributed by atoms with Crippen molar-refractivity contribution in [2.24, 2.45) is 5.92 Å². The van der Waals surface area contributed by atoms with Gasteiger partial charge in [0.25, 0.3) is 0 Å². The molecule has 3 atom stereocenters. The van der Waals surface area contributed by atoms with E-state index in [1.807, 2.05) is 0 Å². The van der Waals surface area contributed by atoms with Gasteiger partial charge in [0.05, 0.1) is 6.10 Å². The molecule has 1 saturated heterocycles. The van der Waals surface area contributed by atoms with Gasteiger partial charge in [-0.1, -0.05) is 37.3 Å². The summed E-state index contributed by atoms with van der Waals surface area (Å²) in [5, 5.41) is 0. The topological polar surface area (TPSA) is 9.23 Å². The van der Waals surface area contributed by atoms with E-state index in [-0.39, 0.29) is 6.10 Å². The molecule has 0 saturated carbocycles. The van der Waals surface area contributed by atoms with Gasteiger partial charge in [0.2, 0.25) is 0 Å². The molecule has 0 N–H and O–H groups in total. The molecule has 1 aliphatic heterocycles. The molecule has 0 aliphatic carbocycles. The van der Waals surface area contributed by atoms with Crippen LogP contribution in [0.3, 0.4) is 0 Å². The summed E-state index contributed by atoms with van der Waals surface area (Å²) in [6.07, 6.45) is 2.63. The zero-order chi connectivity index (χ0) is 11.4. The molecule has 2 heteroatoms. The van der Waals surface area contributed by atoms with E-state index in [9.17, 15) is 0 Å². The molecule has 0 bridgehead atoms. The van der Waals surface area contributed by atoms with Gasteiger partial charge in [-0.15, -0.1) is 11.6 Å². The van der Waals surface area contributed by atoms with Crippen molar-refractivity contribution in [2.45, 2.75) is 31.8 Å². The lowest BCUT2D eigenvalue weighted by Gasteiger charge is -2.35. The summed E-state index contributed by atoms with van der Waals surface area (Å²) in [4.78, 5) is 0. The van der Waals surface area contributed by atoms with E-state index in [4.69, 9.17) is 16.3 Å². The predicted molar refractivity (Wildman–Crippen MR) is 68.0 cm³/mol. The summed E-state index contributed by atoms with van der Waals surface area (Å²) >= 11 is 6.03. The van der Waals surface area contributed by atoms with Crippen molar-refractivity contribution < 1.29 is 4.74 Å². The van der Waals surface area contributed by atoms with Gasteiger partial charge in [0, 0.05) is 18.4 Å². The summed E-state index contributed by atoms with van der Waals surface area (Å²) in [6, 6.07) is 10.6. The molecule has 3 unspecified atom stereocenters. The van der Waals surface area contributed by atoms with Crippen LogP contribution in [0.25, 0.3) is 0 Å². The average molecular weight is 239 g/mol. The number of benzene rings is 1. The summed E-state index contributed by atoms with van der Waals surface area (Å²) < 4.78 is 5.91. The summed E-state index contributed by atoms with van der Waals surface area (Å²) in [7, 11) is 0. The zero-order valence-corrected chi connectivity index (χ0v) is 10.5. The van der Waals surface area contributed by atoms with Crippen LogP contribution in [0.4, 0.5) is 0 Å². The lowest BCUT2D eigenvalue weighted by molar-refractivity contribution is -0.0319. The molecule has 2 rings (SSSR count). The van der Waals surface area contributed by atoms with E-state index in [2.05, 4.69) is 37.3 Å². The number of halogens is 1. The zero-order valence-electron chi connectivity index (χ0n) is 9.73. The monoisotopic (exact) mass is 238 g/mol. The molecule has 16 heavy (non-hydrogen) atoms. The van der Waals surface area contributed by atoms with E-state index in [1.165, 1.54) is 12.0 Å². The summed E-state index contributed by atoms with van der Waals surface area (Å²) in [6.45, 7) is 3.13. The molecule has 1 heterocycles. The average Bonchev–Trinajstić information content (AvgIpc) is 2.39. The van der Waals surface area contributed by atoms with E-state index in [0.29, 0.717) is 17.7 Å². The van der Waals surface area contributed by atoms with Crippen molar-refractivity contribution in [1.29, 1.82) is 0 Å². The standard InChI is InChI=1S/C14H19ClO/c1-11(12-6-3-2-4-7-12)14-13(10-15)8-5-9-16-14/h2-4,6-7,11,13-14H,5,8-10H2,1H3. The number of hydrogen-bond acceptors (Lipinski definition) is 1. The molecule has 0 amide bonds. The molecular weight excluding hydrogens is 220 g/mol. The molecule has 1 fully saturated rings. The first kappa shape index (κ1) is 11.9. The third kappa shape index (κ3) is 2.58. The Bertz CT molecular complexity index is 312. The van der Waals surface area contributed by atoms with Crippen LogP contribution in [0.2, 0.25) is 0 Å². The van der Waals surface area contributed by atoms with Crippen molar-refractivity contribution in [3.8, 4) is 0 Å². The quantitative estimate of drug-likeness (QED) is 0.728. The first-order valence-electron chi connectivity index (χ1n) is 6.05. The fourth-order valence-electron chi connectivity index (χ4n) is 2.53. The molecule has 88 valence electrons. The van der Waals surface area contributed by atoms with Crippen molar-refractivity contribution in [3.05, 3.63) is 35.9 Å². The number of rotatable bonds is 3. The summed E-state index contributed by atoms with van der Waals surface area (Å²) in [5.41, 5.74) is 1.35. The summed E-state index contributed by atoms with van der Waals surface area (Å²) in [5.74, 6) is 1.65. The fourth-order valence-corrected chi connectivity index (χ4v) is 2.86. The molecule has 1 aliphatic rings. The Morgan fingerprint density at radius 1 is 1.38 bits per heavy atom. The Morgan fingerprint density at radius 3 is 2.81 bits per heavy atom. The number of hydrogen-bond donors (Lipinski definition) is 0. The highest BCUT2D eigenvalue weighted by Gasteiger charge is 2.30. The van der Waals surface area contributed by atoms with Gasteiger partial charge in [-0.2, -0.15) is 0 Å². The minimum Gasteiger partial charge on any atom is -0.377 e. The van der Waals surface area contributed by atoms with Crippen LogP contribution >= 0.6 is 11.6 Å². The second-order valence-corrected chi connectivity index (χ2v) is 4.90. The Morgan fingerprint density at radius 2 is 2.12 bits per heavy atom. The SMILES string of the molecule is CC(c1ccccc1)C1OCCCC1CCl. The Kier molecular flexibility index (Phi) is 4.25. The first-order chi connectivity index (χ1) is 7.83. The van der Waals surface area contributed by atoms with Gasteiger partial charge in [-0.3, -0.25) is 0 Å². The van der Waals surface area contributed by atoms with Crippen LogP contribution in [0, 0.1) is 5.92 Å². The molecule has 0 spiro atoms. The largest absolute Gasteiger partial charge is 0.377 e. The van der Waals surface area contributed by atoms with E-state index in [1.54, 1.807) is 0 Å². The second kappa shape index (κ2) is 5.70. The molecular formula is C14H19ClO. The van der Waals surface area contributed by atoms with Crippen molar-refractivity contribution in [3.63, 3.8) is 0 Å². The molecule has 0 aromatic heterocycles. The predicted octanol–water partition coefficient (Wildman–Crippen LogP) is 3.82. The van der Waals surface area contributed by atoms with E-state index >= 15 is 0 Å². The highest BCUT2D eigenvalue weighted by atomic mass is 35.5. The highest BCUT2D eigenvalue weighted by Crippen LogP contribution is 2.32. The van der Waals surface area contributed by atoms with Gasteiger partial charge in [-0.25, -0.2) is 0 Å². The van der Waals surface area contributed by atoms with Crippen LogP contribution in [0.5, 0.6) is 0 Å². The minimum atomic E-state index is 0.286. The van der Waals surface area contributed by atoms with Crippen molar-refractivity contribution in [2.75, 3.05) is 12.5 Å². The maximum absolute atomic E-state index is 6.03. The van der Waals surface area contributed by atoms with Gasteiger partial charge in [0.15, 0.2) is 0 Å². The van der Waals surface area contributed by atoms with Gasteiger partial charge in [0.1, 0.15) is 0 Å². The van der Waals surface area contributed by atoms with Crippen molar-refractivity contribution in [1.82, 2.24) is 0 Å². The lowest BCUT2D eigenvalue weighted by atomic mass is 9.84. The maximum Gasteiger partial charge on any atom is 0.0680 e. The maximum atomic E-state index is 6.03. The van der Waals surface area contributed by atoms with Crippen LogP contribution in [-0.4, -0.2) is 18.6 Å². The Balaban J connectivity index is 2.10. The van der Waals surface area contributed by atoms with E-state index < -0.39 is 0 Å². The van der Waals surface area contributed by atoms with Crippen molar-refractivity contribution >= 4 is 11.6 Å². The molecule has 1 aromatic carbocycles. The third-order valence-electron chi connectivity index (χ3n) is 3.51. The van der Waals surface area contributed by atoms with Gasteiger partial charge in [-0.05, 0) is 24.3 Å². The molecule has 0 radical (unpaired) electrons. The first-order valence-corrected chi connectivity index (χ1v) is 6.59. The highest BCUT2D eigenvalue weighted by molar-refractivity contribution is 6.18. The third-order valence-corrected chi connectivity index (χ3v) is 3.91.